The summed E-state index contributed by atoms with van der Waals surface area (Å²) in [5.74, 6) is 0.187. The molecule has 2 heterocycles. The Kier molecular flexibility index (Phi) is 4.24. The summed E-state index contributed by atoms with van der Waals surface area (Å²) < 4.78 is 29.8. The topological polar surface area (TPSA) is 99.8 Å². The third kappa shape index (κ3) is 2.62. The summed E-state index contributed by atoms with van der Waals surface area (Å²) in [5.41, 5.74) is 5.74. The van der Waals surface area contributed by atoms with E-state index in [2.05, 4.69) is 4.37 Å². The fourth-order valence-corrected chi connectivity index (χ4v) is 4.53. The summed E-state index contributed by atoms with van der Waals surface area (Å²) in [6.45, 7) is 3.08. The SMILES string of the molecule is CC(O)C1CCN(c2snc(N)c2S(=O)(=O)N(C)C)C1. The first-order valence-electron chi connectivity index (χ1n) is 6.35. The average Bonchev–Trinajstić information content (AvgIpc) is 2.94. The van der Waals surface area contributed by atoms with E-state index < -0.39 is 16.1 Å². The van der Waals surface area contributed by atoms with Gasteiger partial charge in [-0.15, -0.1) is 0 Å². The zero-order valence-electron chi connectivity index (χ0n) is 11.8. The van der Waals surface area contributed by atoms with Gasteiger partial charge in [-0.05, 0) is 24.9 Å². The Hall–Kier alpha value is -0.900. The molecule has 1 aromatic rings. The van der Waals surface area contributed by atoms with E-state index in [4.69, 9.17) is 5.73 Å². The van der Waals surface area contributed by atoms with Crippen LogP contribution in [0.5, 0.6) is 0 Å². The van der Waals surface area contributed by atoms with Crippen LogP contribution in [0.25, 0.3) is 0 Å². The Morgan fingerprint density at radius 1 is 1.55 bits per heavy atom. The predicted molar refractivity (Wildman–Crippen MR) is 79.4 cm³/mol. The highest BCUT2D eigenvalue weighted by molar-refractivity contribution is 7.89. The zero-order valence-corrected chi connectivity index (χ0v) is 13.4. The lowest BCUT2D eigenvalue weighted by Crippen LogP contribution is -2.27. The van der Waals surface area contributed by atoms with E-state index in [9.17, 15) is 13.5 Å². The van der Waals surface area contributed by atoms with Crippen molar-refractivity contribution < 1.29 is 13.5 Å². The highest BCUT2D eigenvalue weighted by atomic mass is 32.2. The second-order valence-corrected chi connectivity index (χ2v) is 8.07. The average molecular weight is 320 g/mol. The molecule has 3 N–H and O–H groups in total. The highest BCUT2D eigenvalue weighted by Gasteiger charge is 2.34. The Morgan fingerprint density at radius 2 is 2.20 bits per heavy atom. The summed E-state index contributed by atoms with van der Waals surface area (Å²) in [6, 6.07) is 0. The van der Waals surface area contributed by atoms with Crippen LogP contribution in [0, 0.1) is 5.92 Å². The van der Waals surface area contributed by atoms with Gasteiger partial charge >= 0.3 is 0 Å². The lowest BCUT2D eigenvalue weighted by Gasteiger charge is -2.20. The van der Waals surface area contributed by atoms with Gasteiger partial charge in [0.25, 0.3) is 0 Å². The van der Waals surface area contributed by atoms with Crippen molar-refractivity contribution in [3.8, 4) is 0 Å². The van der Waals surface area contributed by atoms with Gasteiger partial charge in [0, 0.05) is 33.1 Å². The number of rotatable bonds is 4. The van der Waals surface area contributed by atoms with Crippen molar-refractivity contribution in [3.63, 3.8) is 0 Å². The third-order valence-electron chi connectivity index (χ3n) is 3.59. The maximum atomic E-state index is 12.3. The van der Waals surface area contributed by atoms with E-state index in [1.165, 1.54) is 14.1 Å². The molecule has 0 spiro atoms. The minimum absolute atomic E-state index is 0.0409. The van der Waals surface area contributed by atoms with E-state index in [0.717, 1.165) is 22.3 Å². The fraction of sp³-hybridized carbons (Fsp3) is 0.727. The first-order valence-corrected chi connectivity index (χ1v) is 8.57. The van der Waals surface area contributed by atoms with E-state index in [0.29, 0.717) is 18.1 Å². The van der Waals surface area contributed by atoms with Crippen LogP contribution in [0.15, 0.2) is 4.90 Å². The van der Waals surface area contributed by atoms with Gasteiger partial charge in [0.15, 0.2) is 10.7 Å². The number of aliphatic hydroxyl groups is 1. The number of aliphatic hydroxyl groups excluding tert-OH is 1. The second kappa shape index (κ2) is 5.47. The number of nitrogen functional groups attached to an aromatic ring is 1. The molecule has 0 radical (unpaired) electrons. The highest BCUT2D eigenvalue weighted by Crippen LogP contribution is 2.38. The number of anilines is 2. The largest absolute Gasteiger partial charge is 0.393 e. The Bertz CT molecular complexity index is 582. The molecule has 0 saturated carbocycles. The Morgan fingerprint density at radius 3 is 2.70 bits per heavy atom. The van der Waals surface area contributed by atoms with Gasteiger partial charge in [0.05, 0.1) is 6.10 Å². The normalized spacial score (nSPS) is 21.6. The molecule has 0 bridgehead atoms. The standard InChI is InChI=1S/C11H20N4O3S2/c1-7(16)8-4-5-15(6-8)11-9(10(12)13-19-11)20(17,18)14(2)3/h7-8,16H,4-6H2,1-3H3,(H2,12,13). The van der Waals surface area contributed by atoms with E-state index in [1.807, 2.05) is 4.90 Å². The number of sulfonamides is 1. The molecule has 114 valence electrons. The van der Waals surface area contributed by atoms with Crippen LogP contribution in [0.3, 0.4) is 0 Å². The van der Waals surface area contributed by atoms with Crippen molar-refractivity contribution in [2.45, 2.75) is 24.3 Å². The molecule has 1 aromatic heterocycles. The van der Waals surface area contributed by atoms with Crippen LogP contribution in [0.4, 0.5) is 10.8 Å². The van der Waals surface area contributed by atoms with Gasteiger partial charge < -0.3 is 15.7 Å². The first-order chi connectivity index (χ1) is 9.25. The minimum Gasteiger partial charge on any atom is -0.393 e. The van der Waals surface area contributed by atoms with Crippen LogP contribution in [0.2, 0.25) is 0 Å². The molecule has 7 nitrogen and oxygen atoms in total. The molecule has 1 aliphatic heterocycles. The van der Waals surface area contributed by atoms with Gasteiger partial charge in [0.2, 0.25) is 10.0 Å². The summed E-state index contributed by atoms with van der Waals surface area (Å²) in [5, 5.41) is 10.2. The molecular weight excluding hydrogens is 300 g/mol. The van der Waals surface area contributed by atoms with Crippen molar-refractivity contribution >= 4 is 32.4 Å². The Labute approximate surface area is 123 Å². The van der Waals surface area contributed by atoms with Crippen molar-refractivity contribution in [2.24, 2.45) is 5.92 Å². The van der Waals surface area contributed by atoms with Crippen LogP contribution in [-0.4, -0.2) is 55.5 Å². The zero-order chi connectivity index (χ0) is 15.1. The van der Waals surface area contributed by atoms with Crippen LogP contribution >= 0.6 is 11.5 Å². The summed E-state index contributed by atoms with van der Waals surface area (Å²) >= 11 is 1.09. The molecule has 9 heteroatoms. The van der Waals surface area contributed by atoms with Crippen LogP contribution < -0.4 is 10.6 Å². The van der Waals surface area contributed by atoms with Crippen LogP contribution in [0.1, 0.15) is 13.3 Å². The number of nitrogens with zero attached hydrogens (tertiary/aromatic N) is 3. The predicted octanol–water partition coefficient (Wildman–Crippen LogP) is 0.183. The van der Waals surface area contributed by atoms with Gasteiger partial charge in [0.1, 0.15) is 5.00 Å². The lowest BCUT2D eigenvalue weighted by atomic mass is 10.0. The third-order valence-corrected chi connectivity index (χ3v) is 6.52. The van der Waals surface area contributed by atoms with Gasteiger partial charge in [-0.1, -0.05) is 0 Å². The maximum Gasteiger partial charge on any atom is 0.249 e. The van der Waals surface area contributed by atoms with Crippen molar-refractivity contribution in [1.29, 1.82) is 0 Å². The summed E-state index contributed by atoms with van der Waals surface area (Å²) in [7, 11) is -0.676. The quantitative estimate of drug-likeness (QED) is 0.821. The molecule has 1 saturated heterocycles. The lowest BCUT2D eigenvalue weighted by molar-refractivity contribution is 0.136. The Balaban J connectivity index is 2.36. The first kappa shape index (κ1) is 15.5. The molecule has 20 heavy (non-hydrogen) atoms. The fourth-order valence-electron chi connectivity index (χ4n) is 2.28. The van der Waals surface area contributed by atoms with Crippen molar-refractivity contribution in [3.05, 3.63) is 0 Å². The number of nitrogens with two attached hydrogens (primary N) is 1. The van der Waals surface area contributed by atoms with E-state index in [1.54, 1.807) is 6.92 Å². The molecule has 0 amide bonds. The molecule has 0 aliphatic carbocycles. The van der Waals surface area contributed by atoms with E-state index in [-0.39, 0.29) is 16.6 Å². The number of aromatic nitrogens is 1. The molecule has 1 fully saturated rings. The number of hydrogen-bond acceptors (Lipinski definition) is 7. The van der Waals surface area contributed by atoms with E-state index >= 15 is 0 Å². The molecule has 2 atom stereocenters. The van der Waals surface area contributed by atoms with Crippen molar-refractivity contribution in [2.75, 3.05) is 37.8 Å². The van der Waals surface area contributed by atoms with Gasteiger partial charge in [-0.2, -0.15) is 4.37 Å². The molecular formula is C11H20N4O3S2. The molecule has 2 unspecified atom stereocenters. The second-order valence-electron chi connectivity index (χ2n) is 5.22. The van der Waals surface area contributed by atoms with Gasteiger partial charge in [-0.3, -0.25) is 0 Å². The number of hydrogen-bond donors (Lipinski definition) is 2. The van der Waals surface area contributed by atoms with Crippen LogP contribution in [-0.2, 0) is 10.0 Å². The van der Waals surface area contributed by atoms with Gasteiger partial charge in [-0.25, -0.2) is 12.7 Å². The summed E-state index contributed by atoms with van der Waals surface area (Å²) in [6.07, 6.45) is 0.427. The minimum atomic E-state index is -3.62. The van der Waals surface area contributed by atoms with Crippen molar-refractivity contribution in [1.82, 2.24) is 8.68 Å². The maximum absolute atomic E-state index is 12.3. The molecule has 0 aromatic carbocycles. The smallest absolute Gasteiger partial charge is 0.249 e. The molecule has 1 aliphatic rings. The monoisotopic (exact) mass is 320 g/mol. The summed E-state index contributed by atoms with van der Waals surface area (Å²) in [4.78, 5) is 2.03. The molecule has 2 rings (SSSR count).